The average molecular weight is 272 g/mol. The number of ether oxygens (including phenoxy) is 1. The first-order valence-electron chi connectivity index (χ1n) is 7.83. The Morgan fingerprint density at radius 1 is 1.20 bits per heavy atom. The van der Waals surface area contributed by atoms with E-state index >= 15 is 0 Å². The molecule has 1 atom stereocenters. The van der Waals surface area contributed by atoms with Crippen LogP contribution in [-0.2, 0) is 6.61 Å². The zero-order chi connectivity index (χ0) is 13.9. The maximum atomic E-state index is 9.50. The molecule has 0 saturated heterocycles. The van der Waals surface area contributed by atoms with Gasteiger partial charge >= 0.3 is 0 Å². The van der Waals surface area contributed by atoms with Gasteiger partial charge in [-0.25, -0.2) is 0 Å². The van der Waals surface area contributed by atoms with Gasteiger partial charge < -0.3 is 9.84 Å². The van der Waals surface area contributed by atoms with Gasteiger partial charge in [0.25, 0.3) is 0 Å². The lowest BCUT2D eigenvalue weighted by Crippen LogP contribution is -2.12. The molecule has 2 heteroatoms. The van der Waals surface area contributed by atoms with Gasteiger partial charge in [-0.2, -0.15) is 0 Å². The minimum atomic E-state index is 0.0553. The normalized spacial score (nSPS) is 23.4. The van der Waals surface area contributed by atoms with Crippen LogP contribution in [0.15, 0.2) is 30.4 Å². The highest BCUT2D eigenvalue weighted by Gasteiger charge is 2.22. The molecule has 2 nitrogen and oxygen atoms in total. The van der Waals surface area contributed by atoms with Crippen LogP contribution in [0.3, 0.4) is 0 Å². The van der Waals surface area contributed by atoms with Gasteiger partial charge in [0.05, 0.1) is 12.7 Å². The molecule has 20 heavy (non-hydrogen) atoms. The molecule has 2 aliphatic carbocycles. The number of aliphatic hydroxyl groups is 1. The molecule has 0 bridgehead atoms. The first kappa shape index (κ1) is 13.7. The average Bonchev–Trinajstić information content (AvgIpc) is 3.10. The van der Waals surface area contributed by atoms with Gasteiger partial charge in [0.1, 0.15) is 5.75 Å². The summed E-state index contributed by atoms with van der Waals surface area (Å²) in [5, 5.41) is 9.50. The van der Waals surface area contributed by atoms with Gasteiger partial charge in [-0.3, -0.25) is 0 Å². The third-order valence-electron chi connectivity index (χ3n) is 4.71. The van der Waals surface area contributed by atoms with Crippen molar-refractivity contribution in [2.75, 3.05) is 0 Å². The Morgan fingerprint density at radius 3 is 2.65 bits per heavy atom. The van der Waals surface area contributed by atoms with Crippen molar-refractivity contribution >= 4 is 0 Å². The zero-order valence-electron chi connectivity index (χ0n) is 12.1. The first-order chi connectivity index (χ1) is 9.76. The highest BCUT2D eigenvalue weighted by atomic mass is 16.5. The van der Waals surface area contributed by atoms with Crippen molar-refractivity contribution < 1.29 is 9.84 Å². The number of benzene rings is 1. The summed E-state index contributed by atoms with van der Waals surface area (Å²) >= 11 is 0. The summed E-state index contributed by atoms with van der Waals surface area (Å²) in [5.41, 5.74) is 3.62. The molecule has 1 unspecified atom stereocenters. The molecule has 0 aliphatic heterocycles. The fourth-order valence-corrected chi connectivity index (χ4v) is 3.47. The number of hydrogen-bond donors (Lipinski definition) is 1. The van der Waals surface area contributed by atoms with E-state index in [2.05, 4.69) is 18.7 Å². The van der Waals surface area contributed by atoms with E-state index in [0.717, 1.165) is 37.0 Å². The van der Waals surface area contributed by atoms with Crippen molar-refractivity contribution in [2.45, 2.75) is 63.6 Å². The molecule has 1 aromatic carbocycles. The Bertz CT molecular complexity index is 486. The second kappa shape index (κ2) is 6.01. The van der Waals surface area contributed by atoms with Crippen LogP contribution in [0.25, 0.3) is 0 Å². The summed E-state index contributed by atoms with van der Waals surface area (Å²) in [7, 11) is 0. The molecule has 2 saturated carbocycles. The Balaban J connectivity index is 1.80. The molecule has 0 heterocycles. The Morgan fingerprint density at radius 2 is 2.00 bits per heavy atom. The smallest absolute Gasteiger partial charge is 0.125 e. The van der Waals surface area contributed by atoms with Crippen LogP contribution in [0.1, 0.15) is 62.0 Å². The lowest BCUT2D eigenvalue weighted by Gasteiger charge is -2.18. The Labute approximate surface area is 121 Å². The van der Waals surface area contributed by atoms with Gasteiger partial charge in [-0.15, -0.1) is 0 Å². The lowest BCUT2D eigenvalue weighted by molar-refractivity contribution is 0.199. The predicted molar refractivity (Wildman–Crippen MR) is 81.0 cm³/mol. The van der Waals surface area contributed by atoms with Crippen LogP contribution < -0.4 is 4.74 Å². The summed E-state index contributed by atoms with van der Waals surface area (Å²) < 4.78 is 6.14. The van der Waals surface area contributed by atoms with E-state index in [0.29, 0.717) is 12.0 Å². The molecule has 2 aliphatic rings. The maximum absolute atomic E-state index is 9.50. The van der Waals surface area contributed by atoms with E-state index in [-0.39, 0.29) is 6.61 Å². The number of allylic oxidation sites excluding steroid dienone is 1. The van der Waals surface area contributed by atoms with E-state index in [1.54, 1.807) is 0 Å². The van der Waals surface area contributed by atoms with Crippen molar-refractivity contribution in [3.05, 3.63) is 41.5 Å². The monoisotopic (exact) mass is 272 g/mol. The van der Waals surface area contributed by atoms with Gasteiger partial charge in [0, 0.05) is 5.56 Å². The molecule has 0 radical (unpaired) electrons. The van der Waals surface area contributed by atoms with Gasteiger partial charge in [0.2, 0.25) is 0 Å². The third kappa shape index (κ3) is 2.90. The van der Waals surface area contributed by atoms with Crippen LogP contribution in [-0.4, -0.2) is 11.2 Å². The molecule has 0 aromatic heterocycles. The SMILES string of the molecule is C=C1CCC(c2ccc(CO)c(OC3CCCC3)c2)C1. The minimum Gasteiger partial charge on any atom is -0.490 e. The molecular formula is C18H24O2. The first-order valence-corrected chi connectivity index (χ1v) is 7.83. The molecule has 1 aromatic rings. The molecule has 0 spiro atoms. The van der Waals surface area contributed by atoms with E-state index in [4.69, 9.17) is 4.74 Å². The van der Waals surface area contributed by atoms with E-state index in [1.165, 1.54) is 30.4 Å². The summed E-state index contributed by atoms with van der Waals surface area (Å²) in [4.78, 5) is 0. The van der Waals surface area contributed by atoms with Crippen LogP contribution in [0.4, 0.5) is 0 Å². The number of rotatable bonds is 4. The van der Waals surface area contributed by atoms with E-state index in [9.17, 15) is 5.11 Å². The topological polar surface area (TPSA) is 29.5 Å². The van der Waals surface area contributed by atoms with Gasteiger partial charge in [-0.1, -0.05) is 24.3 Å². The molecule has 108 valence electrons. The highest BCUT2D eigenvalue weighted by molar-refractivity contribution is 5.40. The summed E-state index contributed by atoms with van der Waals surface area (Å²) in [5.74, 6) is 1.48. The van der Waals surface area contributed by atoms with Crippen molar-refractivity contribution in [1.29, 1.82) is 0 Å². The van der Waals surface area contributed by atoms with Crippen LogP contribution in [0.2, 0.25) is 0 Å². The zero-order valence-corrected chi connectivity index (χ0v) is 12.1. The highest BCUT2D eigenvalue weighted by Crippen LogP contribution is 2.39. The van der Waals surface area contributed by atoms with Crippen LogP contribution in [0, 0.1) is 0 Å². The van der Waals surface area contributed by atoms with E-state index < -0.39 is 0 Å². The fraction of sp³-hybridized carbons (Fsp3) is 0.556. The lowest BCUT2D eigenvalue weighted by atomic mass is 9.96. The largest absolute Gasteiger partial charge is 0.490 e. The molecule has 3 rings (SSSR count). The van der Waals surface area contributed by atoms with Gasteiger partial charge in [0.15, 0.2) is 0 Å². The fourth-order valence-electron chi connectivity index (χ4n) is 3.47. The van der Waals surface area contributed by atoms with Crippen LogP contribution in [0.5, 0.6) is 5.75 Å². The third-order valence-corrected chi connectivity index (χ3v) is 4.71. The van der Waals surface area contributed by atoms with Gasteiger partial charge in [-0.05, 0) is 62.5 Å². The van der Waals surface area contributed by atoms with Crippen molar-refractivity contribution in [3.63, 3.8) is 0 Å². The summed E-state index contributed by atoms with van der Waals surface area (Å²) in [6, 6.07) is 6.34. The van der Waals surface area contributed by atoms with E-state index in [1.807, 2.05) is 6.07 Å². The molecule has 1 N–H and O–H groups in total. The molecular weight excluding hydrogens is 248 g/mol. The number of aliphatic hydroxyl groups excluding tert-OH is 1. The predicted octanol–water partition coefficient (Wildman–Crippen LogP) is 4.32. The number of hydrogen-bond acceptors (Lipinski definition) is 2. The van der Waals surface area contributed by atoms with Crippen molar-refractivity contribution in [2.24, 2.45) is 0 Å². The summed E-state index contributed by atoms with van der Waals surface area (Å²) in [6.07, 6.45) is 8.61. The van der Waals surface area contributed by atoms with Crippen LogP contribution >= 0.6 is 0 Å². The Hall–Kier alpha value is -1.28. The standard InChI is InChI=1S/C18H24O2/c1-13-6-7-14(10-13)15-8-9-16(12-19)18(11-15)20-17-4-2-3-5-17/h8-9,11,14,17,19H,1-7,10,12H2. The molecule has 0 amide bonds. The Kier molecular flexibility index (Phi) is 4.11. The summed E-state index contributed by atoms with van der Waals surface area (Å²) in [6.45, 7) is 4.15. The second-order valence-corrected chi connectivity index (χ2v) is 6.24. The molecule has 2 fully saturated rings. The van der Waals surface area contributed by atoms with Crippen molar-refractivity contribution in [1.82, 2.24) is 0 Å². The quantitative estimate of drug-likeness (QED) is 0.827. The minimum absolute atomic E-state index is 0.0553. The van der Waals surface area contributed by atoms with Crippen molar-refractivity contribution in [3.8, 4) is 5.75 Å². The maximum Gasteiger partial charge on any atom is 0.125 e. The second-order valence-electron chi connectivity index (χ2n) is 6.24.